The molecule has 1 rings (SSSR count). The fraction of sp³-hybridized carbons (Fsp3) is 0.375. The second kappa shape index (κ2) is 4.51. The minimum Gasteiger partial charge on any atom is -0.327 e. The molecule has 1 unspecified atom stereocenters. The van der Waals surface area contributed by atoms with Crippen LogP contribution in [0.15, 0.2) is 18.6 Å². The summed E-state index contributed by atoms with van der Waals surface area (Å²) in [5, 5.41) is 2.58. The van der Waals surface area contributed by atoms with Crippen molar-refractivity contribution in [2.75, 3.05) is 5.32 Å². The Morgan fingerprint density at radius 2 is 2.46 bits per heavy atom. The molecule has 0 aliphatic carbocycles. The van der Waals surface area contributed by atoms with Crippen LogP contribution in [0, 0.1) is 0 Å². The van der Waals surface area contributed by atoms with Gasteiger partial charge in [0.1, 0.15) is 0 Å². The number of carbonyl (C=O) groups excluding carboxylic acids is 1. The predicted octanol–water partition coefficient (Wildman–Crippen LogP) is 0.152. The number of hydrogen-bond acceptors (Lipinski definition) is 4. The van der Waals surface area contributed by atoms with Crippen molar-refractivity contribution in [3.63, 3.8) is 0 Å². The first-order valence-corrected chi connectivity index (χ1v) is 4.00. The highest BCUT2D eigenvalue weighted by Crippen LogP contribution is 1.98. The first kappa shape index (κ1) is 9.60. The summed E-state index contributed by atoms with van der Waals surface area (Å²) in [6, 6.07) is -0.142. The molecule has 0 saturated carbocycles. The fourth-order valence-corrected chi connectivity index (χ4v) is 0.850. The van der Waals surface area contributed by atoms with Gasteiger partial charge in [0.15, 0.2) is 5.82 Å². The van der Waals surface area contributed by atoms with Crippen molar-refractivity contribution in [3.8, 4) is 0 Å². The number of nitrogens with zero attached hydrogens (tertiary/aromatic N) is 2. The minimum absolute atomic E-state index is 0.142. The number of aromatic nitrogens is 2. The number of rotatable bonds is 3. The Labute approximate surface area is 76.4 Å². The first-order chi connectivity index (χ1) is 6.18. The van der Waals surface area contributed by atoms with Gasteiger partial charge >= 0.3 is 0 Å². The quantitative estimate of drug-likeness (QED) is 0.694. The largest absolute Gasteiger partial charge is 0.327 e. The third kappa shape index (κ3) is 3.62. The van der Waals surface area contributed by atoms with Crippen LogP contribution in [0.3, 0.4) is 0 Å². The maximum Gasteiger partial charge on any atom is 0.227 e. The number of nitrogens with one attached hydrogen (secondary N) is 1. The van der Waals surface area contributed by atoms with E-state index in [9.17, 15) is 4.79 Å². The van der Waals surface area contributed by atoms with Gasteiger partial charge in [-0.1, -0.05) is 0 Å². The Kier molecular flexibility index (Phi) is 3.33. The van der Waals surface area contributed by atoms with Crippen LogP contribution in [-0.4, -0.2) is 21.9 Å². The van der Waals surface area contributed by atoms with E-state index in [0.29, 0.717) is 5.82 Å². The third-order valence-electron chi connectivity index (χ3n) is 1.34. The topological polar surface area (TPSA) is 80.9 Å². The van der Waals surface area contributed by atoms with Crippen LogP contribution < -0.4 is 11.1 Å². The van der Waals surface area contributed by atoms with Crippen molar-refractivity contribution in [1.82, 2.24) is 9.97 Å². The minimum atomic E-state index is -0.143. The van der Waals surface area contributed by atoms with Crippen LogP contribution in [0.4, 0.5) is 5.82 Å². The average molecular weight is 180 g/mol. The number of carbonyl (C=O) groups is 1. The van der Waals surface area contributed by atoms with Gasteiger partial charge < -0.3 is 11.1 Å². The number of anilines is 1. The van der Waals surface area contributed by atoms with Crippen LogP contribution in [0.1, 0.15) is 13.3 Å². The van der Waals surface area contributed by atoms with Crippen molar-refractivity contribution in [3.05, 3.63) is 18.6 Å². The highest BCUT2D eigenvalue weighted by atomic mass is 16.1. The Morgan fingerprint density at radius 3 is 3.00 bits per heavy atom. The van der Waals surface area contributed by atoms with Gasteiger partial charge in [-0.3, -0.25) is 9.78 Å². The van der Waals surface area contributed by atoms with Crippen molar-refractivity contribution in [2.24, 2.45) is 5.73 Å². The van der Waals surface area contributed by atoms with E-state index < -0.39 is 0 Å². The average Bonchev–Trinajstić information content (AvgIpc) is 2.04. The van der Waals surface area contributed by atoms with Gasteiger partial charge in [-0.05, 0) is 6.92 Å². The van der Waals surface area contributed by atoms with Crippen LogP contribution in [0.2, 0.25) is 0 Å². The van der Waals surface area contributed by atoms with Crippen LogP contribution >= 0.6 is 0 Å². The van der Waals surface area contributed by atoms with Crippen molar-refractivity contribution in [1.29, 1.82) is 0 Å². The lowest BCUT2D eigenvalue weighted by atomic mass is 10.2. The lowest BCUT2D eigenvalue weighted by molar-refractivity contribution is -0.116. The van der Waals surface area contributed by atoms with Gasteiger partial charge in [-0.15, -0.1) is 0 Å². The maximum absolute atomic E-state index is 11.2. The normalized spacial score (nSPS) is 12.2. The molecule has 0 saturated heterocycles. The first-order valence-electron chi connectivity index (χ1n) is 4.00. The standard InChI is InChI=1S/C8H12N4O/c1-6(9)4-8(13)12-7-5-10-2-3-11-7/h2-3,5-6H,4,9H2,1H3,(H,11,12,13). The Balaban J connectivity index is 2.46. The molecular formula is C8H12N4O. The number of amides is 1. The Morgan fingerprint density at radius 1 is 1.69 bits per heavy atom. The highest BCUT2D eigenvalue weighted by molar-refractivity contribution is 5.89. The molecule has 1 aromatic heterocycles. The summed E-state index contributed by atoms with van der Waals surface area (Å²) in [5.41, 5.74) is 5.45. The van der Waals surface area contributed by atoms with Gasteiger partial charge in [0.05, 0.1) is 6.20 Å². The molecule has 1 amide bonds. The summed E-state index contributed by atoms with van der Waals surface area (Å²) >= 11 is 0. The van der Waals surface area contributed by atoms with Crippen LogP contribution in [-0.2, 0) is 4.79 Å². The van der Waals surface area contributed by atoms with Crippen molar-refractivity contribution in [2.45, 2.75) is 19.4 Å². The second-order valence-electron chi connectivity index (χ2n) is 2.82. The monoisotopic (exact) mass is 180 g/mol. The van der Waals surface area contributed by atoms with Gasteiger partial charge in [-0.25, -0.2) is 4.98 Å². The molecule has 0 bridgehead atoms. The van der Waals surface area contributed by atoms with E-state index >= 15 is 0 Å². The summed E-state index contributed by atoms with van der Waals surface area (Å²) in [5.74, 6) is 0.309. The number of nitrogens with two attached hydrogens (primary N) is 1. The van der Waals surface area contributed by atoms with E-state index in [1.54, 1.807) is 13.1 Å². The fourth-order valence-electron chi connectivity index (χ4n) is 0.850. The van der Waals surface area contributed by atoms with Crippen LogP contribution in [0.5, 0.6) is 0 Å². The van der Waals surface area contributed by atoms with Gasteiger partial charge in [0.2, 0.25) is 5.91 Å². The summed E-state index contributed by atoms with van der Waals surface area (Å²) < 4.78 is 0. The molecule has 0 fully saturated rings. The Hall–Kier alpha value is -1.49. The molecule has 0 aliphatic rings. The van der Waals surface area contributed by atoms with Crippen LogP contribution in [0.25, 0.3) is 0 Å². The second-order valence-corrected chi connectivity index (χ2v) is 2.82. The molecular weight excluding hydrogens is 168 g/mol. The molecule has 5 nitrogen and oxygen atoms in total. The molecule has 0 aliphatic heterocycles. The summed E-state index contributed by atoms with van der Waals surface area (Å²) in [6.45, 7) is 1.77. The molecule has 3 N–H and O–H groups in total. The lowest BCUT2D eigenvalue weighted by Gasteiger charge is -2.05. The van der Waals surface area contributed by atoms with Gasteiger partial charge in [0.25, 0.3) is 0 Å². The van der Waals surface area contributed by atoms with E-state index in [2.05, 4.69) is 15.3 Å². The van der Waals surface area contributed by atoms with E-state index in [0.717, 1.165) is 0 Å². The summed E-state index contributed by atoms with van der Waals surface area (Å²) in [4.78, 5) is 18.9. The molecule has 70 valence electrons. The highest BCUT2D eigenvalue weighted by Gasteiger charge is 2.05. The van der Waals surface area contributed by atoms with Gasteiger partial charge in [0, 0.05) is 24.9 Å². The van der Waals surface area contributed by atoms with Crippen molar-refractivity contribution < 1.29 is 4.79 Å². The summed E-state index contributed by atoms with van der Waals surface area (Å²) in [7, 11) is 0. The summed E-state index contributed by atoms with van der Waals surface area (Å²) in [6.07, 6.45) is 4.83. The third-order valence-corrected chi connectivity index (χ3v) is 1.34. The molecule has 5 heteroatoms. The molecule has 0 spiro atoms. The molecule has 1 aromatic rings. The van der Waals surface area contributed by atoms with E-state index in [4.69, 9.17) is 5.73 Å². The lowest BCUT2D eigenvalue weighted by Crippen LogP contribution is -2.24. The maximum atomic E-state index is 11.2. The zero-order valence-corrected chi connectivity index (χ0v) is 7.40. The number of hydrogen-bond donors (Lipinski definition) is 2. The van der Waals surface area contributed by atoms with E-state index in [-0.39, 0.29) is 18.4 Å². The smallest absolute Gasteiger partial charge is 0.227 e. The van der Waals surface area contributed by atoms with E-state index in [1.165, 1.54) is 12.4 Å². The molecule has 0 aromatic carbocycles. The predicted molar refractivity (Wildman–Crippen MR) is 48.9 cm³/mol. The van der Waals surface area contributed by atoms with Crippen molar-refractivity contribution >= 4 is 11.7 Å². The van der Waals surface area contributed by atoms with Gasteiger partial charge in [-0.2, -0.15) is 0 Å². The SMILES string of the molecule is CC(N)CC(=O)Nc1cnccn1. The molecule has 1 atom stereocenters. The zero-order chi connectivity index (χ0) is 9.68. The van der Waals surface area contributed by atoms with E-state index in [1.807, 2.05) is 0 Å². The molecule has 0 radical (unpaired) electrons. The Bertz CT molecular complexity index is 273. The molecule has 13 heavy (non-hydrogen) atoms. The molecule has 1 heterocycles. The zero-order valence-electron chi connectivity index (χ0n) is 7.40.